The summed E-state index contributed by atoms with van der Waals surface area (Å²) in [5, 5.41) is 0. The molecule has 0 radical (unpaired) electrons. The third-order valence-electron chi connectivity index (χ3n) is 2.22. The number of nitrogens with two attached hydrogens (primary N) is 1. The first-order valence-electron chi connectivity index (χ1n) is 4.86. The number of unbranched alkanes of at least 4 members (excludes halogenated alkanes) is 1. The van der Waals surface area contributed by atoms with Crippen molar-refractivity contribution in [1.82, 2.24) is 0 Å². The summed E-state index contributed by atoms with van der Waals surface area (Å²) in [4.78, 5) is 0. The molecule has 1 atom stereocenters. The average molecular weight is 301 g/mol. The molecule has 0 spiro atoms. The van der Waals surface area contributed by atoms with Crippen molar-refractivity contribution in [2.24, 2.45) is 5.73 Å². The first kappa shape index (κ1) is 11.7. The van der Waals surface area contributed by atoms with E-state index in [0.29, 0.717) is 0 Å². The highest BCUT2D eigenvalue weighted by Crippen LogP contribution is 2.17. The van der Waals surface area contributed by atoms with Gasteiger partial charge in [0, 0.05) is 9.61 Å². The van der Waals surface area contributed by atoms with Gasteiger partial charge in [-0.2, -0.15) is 0 Å². The van der Waals surface area contributed by atoms with E-state index in [4.69, 9.17) is 5.73 Å². The van der Waals surface area contributed by atoms with Crippen molar-refractivity contribution in [3.05, 3.63) is 46.1 Å². The number of halogens is 1. The van der Waals surface area contributed by atoms with E-state index in [9.17, 15) is 0 Å². The fraction of sp³-hybridized carbons (Fsp3) is 0.333. The molecule has 76 valence electrons. The van der Waals surface area contributed by atoms with Crippen LogP contribution in [0, 0.1) is 3.57 Å². The Bertz CT molecular complexity index is 279. The molecule has 1 unspecified atom stereocenters. The van der Waals surface area contributed by atoms with Crippen LogP contribution in [0.25, 0.3) is 0 Å². The van der Waals surface area contributed by atoms with Gasteiger partial charge in [-0.3, -0.25) is 0 Å². The van der Waals surface area contributed by atoms with Crippen LogP contribution < -0.4 is 5.73 Å². The second-order valence-corrected chi connectivity index (χ2v) is 4.62. The Balaban J connectivity index is 2.47. The Kier molecular flexibility index (Phi) is 5.19. The number of benzene rings is 1. The Morgan fingerprint density at radius 1 is 1.36 bits per heavy atom. The summed E-state index contributed by atoms with van der Waals surface area (Å²) in [7, 11) is 0. The molecular weight excluding hydrogens is 285 g/mol. The SMILES string of the molecule is C=CCCCC(N)c1ccc(I)cc1. The molecular formula is C12H16IN. The largest absolute Gasteiger partial charge is 0.324 e. The Morgan fingerprint density at radius 3 is 2.57 bits per heavy atom. The molecule has 0 heterocycles. The highest BCUT2D eigenvalue weighted by Gasteiger charge is 2.04. The Morgan fingerprint density at radius 2 is 2.00 bits per heavy atom. The Labute approximate surface area is 99.5 Å². The minimum atomic E-state index is 0.173. The lowest BCUT2D eigenvalue weighted by Gasteiger charge is -2.11. The topological polar surface area (TPSA) is 26.0 Å². The van der Waals surface area contributed by atoms with Crippen LogP contribution in [-0.4, -0.2) is 0 Å². The summed E-state index contributed by atoms with van der Waals surface area (Å²) in [5.41, 5.74) is 7.28. The zero-order valence-electron chi connectivity index (χ0n) is 8.25. The van der Waals surface area contributed by atoms with Gasteiger partial charge in [0.2, 0.25) is 0 Å². The lowest BCUT2D eigenvalue weighted by molar-refractivity contribution is 0.617. The molecule has 14 heavy (non-hydrogen) atoms. The second-order valence-electron chi connectivity index (χ2n) is 3.38. The van der Waals surface area contributed by atoms with Gasteiger partial charge in [0.05, 0.1) is 0 Å². The molecule has 1 rings (SSSR count). The minimum absolute atomic E-state index is 0.173. The maximum Gasteiger partial charge on any atom is 0.0294 e. The van der Waals surface area contributed by atoms with Gasteiger partial charge in [-0.1, -0.05) is 18.2 Å². The van der Waals surface area contributed by atoms with Crippen LogP contribution in [0.4, 0.5) is 0 Å². The third kappa shape index (κ3) is 3.80. The molecule has 1 aromatic carbocycles. The number of rotatable bonds is 5. The molecule has 1 nitrogen and oxygen atoms in total. The van der Waals surface area contributed by atoms with Gasteiger partial charge in [-0.25, -0.2) is 0 Å². The van der Waals surface area contributed by atoms with Crippen LogP contribution in [0.5, 0.6) is 0 Å². The fourth-order valence-corrected chi connectivity index (χ4v) is 1.72. The quantitative estimate of drug-likeness (QED) is 0.501. The molecule has 0 saturated heterocycles. The molecule has 2 heteroatoms. The van der Waals surface area contributed by atoms with Gasteiger partial charge < -0.3 is 5.73 Å². The van der Waals surface area contributed by atoms with E-state index in [2.05, 4.69) is 53.4 Å². The molecule has 0 aliphatic carbocycles. The molecule has 0 bridgehead atoms. The first-order valence-corrected chi connectivity index (χ1v) is 5.94. The van der Waals surface area contributed by atoms with Gasteiger partial charge >= 0.3 is 0 Å². The second kappa shape index (κ2) is 6.19. The van der Waals surface area contributed by atoms with Crippen LogP contribution in [0.1, 0.15) is 30.9 Å². The monoisotopic (exact) mass is 301 g/mol. The molecule has 0 aromatic heterocycles. The normalized spacial score (nSPS) is 12.4. The highest BCUT2D eigenvalue weighted by atomic mass is 127. The van der Waals surface area contributed by atoms with E-state index >= 15 is 0 Å². The third-order valence-corrected chi connectivity index (χ3v) is 2.94. The van der Waals surface area contributed by atoms with E-state index in [0.717, 1.165) is 19.3 Å². The fourth-order valence-electron chi connectivity index (χ4n) is 1.36. The number of hydrogen-bond donors (Lipinski definition) is 1. The van der Waals surface area contributed by atoms with Crippen molar-refractivity contribution in [2.45, 2.75) is 25.3 Å². The maximum absolute atomic E-state index is 6.05. The van der Waals surface area contributed by atoms with Gasteiger partial charge in [0.15, 0.2) is 0 Å². The smallest absolute Gasteiger partial charge is 0.0294 e. The van der Waals surface area contributed by atoms with Crippen molar-refractivity contribution in [3.8, 4) is 0 Å². The van der Waals surface area contributed by atoms with Crippen LogP contribution in [-0.2, 0) is 0 Å². The van der Waals surface area contributed by atoms with Gasteiger partial charge in [0.1, 0.15) is 0 Å². The molecule has 0 amide bonds. The molecule has 0 saturated carbocycles. The van der Waals surface area contributed by atoms with Crippen LogP contribution in [0.2, 0.25) is 0 Å². The van der Waals surface area contributed by atoms with E-state index in [-0.39, 0.29) is 6.04 Å². The van der Waals surface area contributed by atoms with Gasteiger partial charge in [-0.15, -0.1) is 6.58 Å². The van der Waals surface area contributed by atoms with E-state index in [1.165, 1.54) is 9.13 Å². The van der Waals surface area contributed by atoms with Crippen LogP contribution in [0.3, 0.4) is 0 Å². The van der Waals surface area contributed by atoms with Gasteiger partial charge in [-0.05, 0) is 59.5 Å². The molecule has 0 fully saturated rings. The van der Waals surface area contributed by atoms with E-state index in [1.54, 1.807) is 0 Å². The summed E-state index contributed by atoms with van der Waals surface area (Å²) in [6.07, 6.45) is 5.15. The lowest BCUT2D eigenvalue weighted by Crippen LogP contribution is -2.09. The van der Waals surface area contributed by atoms with Crippen molar-refractivity contribution in [1.29, 1.82) is 0 Å². The predicted octanol–water partition coefficient (Wildman–Crippen LogP) is 3.65. The maximum atomic E-state index is 6.05. The number of allylic oxidation sites excluding steroid dienone is 1. The summed E-state index contributed by atoms with van der Waals surface area (Å²) in [6, 6.07) is 8.60. The summed E-state index contributed by atoms with van der Waals surface area (Å²) >= 11 is 2.30. The lowest BCUT2D eigenvalue weighted by atomic mass is 10.0. The van der Waals surface area contributed by atoms with Crippen molar-refractivity contribution in [2.75, 3.05) is 0 Å². The van der Waals surface area contributed by atoms with Crippen molar-refractivity contribution >= 4 is 22.6 Å². The molecule has 2 N–H and O–H groups in total. The molecule has 0 aliphatic heterocycles. The van der Waals surface area contributed by atoms with E-state index < -0.39 is 0 Å². The van der Waals surface area contributed by atoms with Gasteiger partial charge in [0.25, 0.3) is 0 Å². The zero-order chi connectivity index (χ0) is 10.4. The zero-order valence-corrected chi connectivity index (χ0v) is 10.4. The van der Waals surface area contributed by atoms with Crippen LogP contribution in [0.15, 0.2) is 36.9 Å². The van der Waals surface area contributed by atoms with Crippen molar-refractivity contribution < 1.29 is 0 Å². The highest BCUT2D eigenvalue weighted by molar-refractivity contribution is 14.1. The summed E-state index contributed by atoms with van der Waals surface area (Å²) in [6.45, 7) is 3.70. The first-order chi connectivity index (χ1) is 6.74. The Hall–Kier alpha value is -0.350. The standard InChI is InChI=1S/C12H16IN/c1-2-3-4-5-12(14)10-6-8-11(13)9-7-10/h2,6-9,12H,1,3-5,14H2. The van der Waals surface area contributed by atoms with Crippen LogP contribution >= 0.6 is 22.6 Å². The minimum Gasteiger partial charge on any atom is -0.324 e. The number of hydrogen-bond acceptors (Lipinski definition) is 1. The summed E-state index contributed by atoms with van der Waals surface area (Å²) < 4.78 is 1.25. The summed E-state index contributed by atoms with van der Waals surface area (Å²) in [5.74, 6) is 0. The predicted molar refractivity (Wildman–Crippen MR) is 70.1 cm³/mol. The molecule has 0 aliphatic rings. The van der Waals surface area contributed by atoms with E-state index in [1.807, 2.05) is 6.08 Å². The van der Waals surface area contributed by atoms with Crippen molar-refractivity contribution in [3.63, 3.8) is 0 Å². The molecule has 1 aromatic rings. The average Bonchev–Trinajstić information content (AvgIpc) is 2.19.